The van der Waals surface area contributed by atoms with E-state index in [1.54, 1.807) is 0 Å². The first kappa shape index (κ1) is 13.1. The van der Waals surface area contributed by atoms with Gasteiger partial charge in [0.2, 0.25) is 0 Å². The monoisotopic (exact) mass is 290 g/mol. The van der Waals surface area contributed by atoms with Crippen LogP contribution in [0.2, 0.25) is 0 Å². The molecule has 0 aliphatic carbocycles. The van der Waals surface area contributed by atoms with Crippen molar-refractivity contribution in [3.05, 3.63) is 77.5 Å². The molecule has 110 valence electrons. The Bertz CT molecular complexity index is 778. The van der Waals surface area contributed by atoms with Crippen LogP contribution < -0.4 is 5.73 Å². The van der Waals surface area contributed by atoms with Gasteiger partial charge in [0, 0.05) is 25.2 Å². The number of hydrogen-bond donors (Lipinski definition) is 1. The molecule has 3 aromatic rings. The second-order valence-electron chi connectivity index (χ2n) is 5.69. The maximum Gasteiger partial charge on any atom is 0.132 e. The van der Waals surface area contributed by atoms with E-state index in [0.29, 0.717) is 0 Å². The van der Waals surface area contributed by atoms with Crippen LogP contribution in [0.25, 0.3) is 5.69 Å². The number of para-hydroxylation sites is 1. The SMILES string of the molecule is Nc1c2c(nn1-c1ccccc1)CN(Cc1ccccc1)C2. The first-order valence-electron chi connectivity index (χ1n) is 7.49. The Morgan fingerprint density at radius 2 is 1.59 bits per heavy atom. The number of nitrogens with zero attached hydrogens (tertiary/aromatic N) is 3. The van der Waals surface area contributed by atoms with E-state index < -0.39 is 0 Å². The third kappa shape index (κ3) is 2.27. The molecule has 0 spiro atoms. The molecule has 1 aliphatic rings. The maximum atomic E-state index is 6.32. The summed E-state index contributed by atoms with van der Waals surface area (Å²) in [5.74, 6) is 0.761. The highest BCUT2D eigenvalue weighted by Crippen LogP contribution is 2.30. The summed E-state index contributed by atoms with van der Waals surface area (Å²) >= 11 is 0. The molecular weight excluding hydrogens is 272 g/mol. The Balaban J connectivity index is 1.56. The molecule has 22 heavy (non-hydrogen) atoms. The smallest absolute Gasteiger partial charge is 0.132 e. The zero-order valence-electron chi connectivity index (χ0n) is 12.3. The van der Waals surface area contributed by atoms with Crippen LogP contribution in [0.3, 0.4) is 0 Å². The summed E-state index contributed by atoms with van der Waals surface area (Å²) in [6, 6.07) is 20.6. The molecule has 0 bridgehead atoms. The van der Waals surface area contributed by atoms with Crippen molar-refractivity contribution >= 4 is 5.82 Å². The minimum absolute atomic E-state index is 0.761. The fourth-order valence-corrected chi connectivity index (χ4v) is 3.02. The topological polar surface area (TPSA) is 47.1 Å². The molecule has 2 N–H and O–H groups in total. The molecule has 4 nitrogen and oxygen atoms in total. The minimum Gasteiger partial charge on any atom is -0.383 e. The van der Waals surface area contributed by atoms with Crippen LogP contribution >= 0.6 is 0 Å². The highest BCUT2D eigenvalue weighted by molar-refractivity contribution is 5.51. The van der Waals surface area contributed by atoms with E-state index in [0.717, 1.165) is 36.8 Å². The summed E-state index contributed by atoms with van der Waals surface area (Å²) in [7, 11) is 0. The van der Waals surface area contributed by atoms with Crippen molar-refractivity contribution in [3.63, 3.8) is 0 Å². The van der Waals surface area contributed by atoms with Crippen LogP contribution in [0.1, 0.15) is 16.8 Å². The predicted molar refractivity (Wildman–Crippen MR) is 87.4 cm³/mol. The lowest BCUT2D eigenvalue weighted by atomic mass is 10.2. The average molecular weight is 290 g/mol. The Morgan fingerprint density at radius 1 is 0.909 bits per heavy atom. The molecule has 0 atom stereocenters. The minimum atomic E-state index is 0.761. The average Bonchev–Trinajstić information content (AvgIpc) is 3.08. The Morgan fingerprint density at radius 3 is 2.27 bits per heavy atom. The maximum absolute atomic E-state index is 6.32. The van der Waals surface area contributed by atoms with Crippen LogP contribution in [-0.4, -0.2) is 14.7 Å². The van der Waals surface area contributed by atoms with Gasteiger partial charge in [-0.05, 0) is 17.7 Å². The van der Waals surface area contributed by atoms with Gasteiger partial charge in [-0.3, -0.25) is 4.90 Å². The summed E-state index contributed by atoms with van der Waals surface area (Å²) in [4.78, 5) is 2.37. The molecule has 0 fully saturated rings. The second kappa shape index (κ2) is 5.31. The number of benzene rings is 2. The van der Waals surface area contributed by atoms with Gasteiger partial charge < -0.3 is 5.73 Å². The third-order valence-corrected chi connectivity index (χ3v) is 4.11. The quantitative estimate of drug-likeness (QED) is 0.806. The predicted octanol–water partition coefficient (Wildman–Crippen LogP) is 2.97. The van der Waals surface area contributed by atoms with Gasteiger partial charge in [0.25, 0.3) is 0 Å². The van der Waals surface area contributed by atoms with Crippen molar-refractivity contribution in [2.75, 3.05) is 5.73 Å². The largest absolute Gasteiger partial charge is 0.383 e. The standard InChI is InChI=1S/C18H18N4/c19-18-16-12-21(11-14-7-3-1-4-8-14)13-17(16)20-22(18)15-9-5-2-6-10-15/h1-10H,11-13,19H2. The van der Waals surface area contributed by atoms with Crippen molar-refractivity contribution in [2.45, 2.75) is 19.6 Å². The van der Waals surface area contributed by atoms with Gasteiger partial charge in [0.1, 0.15) is 5.82 Å². The third-order valence-electron chi connectivity index (χ3n) is 4.11. The van der Waals surface area contributed by atoms with Gasteiger partial charge in [-0.1, -0.05) is 48.5 Å². The highest BCUT2D eigenvalue weighted by atomic mass is 15.3. The molecule has 0 saturated carbocycles. The van der Waals surface area contributed by atoms with Gasteiger partial charge in [-0.25, -0.2) is 4.68 Å². The van der Waals surface area contributed by atoms with Gasteiger partial charge >= 0.3 is 0 Å². The molecule has 0 amide bonds. The summed E-state index contributed by atoms with van der Waals surface area (Å²) in [5.41, 5.74) is 10.9. The van der Waals surface area contributed by atoms with Crippen molar-refractivity contribution in [2.24, 2.45) is 0 Å². The van der Waals surface area contributed by atoms with E-state index in [-0.39, 0.29) is 0 Å². The fourth-order valence-electron chi connectivity index (χ4n) is 3.02. The van der Waals surface area contributed by atoms with Crippen molar-refractivity contribution in [3.8, 4) is 5.69 Å². The zero-order chi connectivity index (χ0) is 14.9. The van der Waals surface area contributed by atoms with Crippen molar-refractivity contribution < 1.29 is 0 Å². The van der Waals surface area contributed by atoms with Crippen molar-refractivity contribution in [1.29, 1.82) is 0 Å². The number of fused-ring (bicyclic) bond motifs is 1. The first-order valence-corrected chi connectivity index (χ1v) is 7.49. The number of hydrogen-bond acceptors (Lipinski definition) is 3. The highest BCUT2D eigenvalue weighted by Gasteiger charge is 2.26. The lowest BCUT2D eigenvalue weighted by molar-refractivity contribution is 0.272. The summed E-state index contributed by atoms with van der Waals surface area (Å²) in [5, 5.41) is 4.70. The molecule has 0 radical (unpaired) electrons. The number of aromatic nitrogens is 2. The van der Waals surface area contributed by atoms with Gasteiger partial charge in [-0.2, -0.15) is 5.10 Å². The van der Waals surface area contributed by atoms with Crippen LogP contribution in [0.4, 0.5) is 5.82 Å². The summed E-state index contributed by atoms with van der Waals surface area (Å²) < 4.78 is 1.85. The van der Waals surface area contributed by atoms with Crippen LogP contribution in [0, 0.1) is 0 Å². The molecule has 1 aromatic heterocycles. The molecule has 4 rings (SSSR count). The van der Waals surface area contributed by atoms with E-state index in [1.165, 1.54) is 11.1 Å². The fraction of sp³-hybridized carbons (Fsp3) is 0.167. The van der Waals surface area contributed by atoms with E-state index in [9.17, 15) is 0 Å². The van der Waals surface area contributed by atoms with Gasteiger partial charge in [0.05, 0.1) is 11.4 Å². The summed E-state index contributed by atoms with van der Waals surface area (Å²) in [6.45, 7) is 2.65. The van der Waals surface area contributed by atoms with Crippen LogP contribution in [0.5, 0.6) is 0 Å². The molecule has 4 heteroatoms. The second-order valence-corrected chi connectivity index (χ2v) is 5.69. The van der Waals surface area contributed by atoms with Gasteiger partial charge in [-0.15, -0.1) is 0 Å². The molecule has 0 saturated heterocycles. The molecule has 0 unspecified atom stereocenters. The molecule has 1 aliphatic heterocycles. The Labute approximate surface area is 129 Å². The number of anilines is 1. The normalized spacial score (nSPS) is 14.2. The molecular formula is C18H18N4. The summed E-state index contributed by atoms with van der Waals surface area (Å²) in [6.07, 6.45) is 0. The Hall–Kier alpha value is -2.59. The number of nitrogen functional groups attached to an aromatic ring is 1. The lowest BCUT2D eigenvalue weighted by Gasteiger charge is -2.15. The van der Waals surface area contributed by atoms with E-state index in [2.05, 4.69) is 29.2 Å². The lowest BCUT2D eigenvalue weighted by Crippen LogP contribution is -2.17. The van der Waals surface area contributed by atoms with E-state index in [1.807, 2.05) is 41.1 Å². The van der Waals surface area contributed by atoms with Crippen LogP contribution in [0.15, 0.2) is 60.7 Å². The van der Waals surface area contributed by atoms with Crippen molar-refractivity contribution in [1.82, 2.24) is 14.7 Å². The number of rotatable bonds is 3. The number of nitrogens with two attached hydrogens (primary N) is 1. The molecule has 2 heterocycles. The van der Waals surface area contributed by atoms with E-state index in [4.69, 9.17) is 10.8 Å². The van der Waals surface area contributed by atoms with E-state index >= 15 is 0 Å². The van der Waals surface area contributed by atoms with Gasteiger partial charge in [0.15, 0.2) is 0 Å². The Kier molecular flexibility index (Phi) is 3.16. The zero-order valence-corrected chi connectivity index (χ0v) is 12.3. The first-order chi connectivity index (χ1) is 10.8. The van der Waals surface area contributed by atoms with Crippen LogP contribution in [-0.2, 0) is 19.6 Å². The molecule has 2 aromatic carbocycles.